The third-order valence-electron chi connectivity index (χ3n) is 15.8. The average molecular weight is 1120 g/mol. The van der Waals surface area contributed by atoms with E-state index in [4.69, 9.17) is 14.2 Å². The largest absolute Gasteiger partial charge is 0.462 e. The molecule has 0 aromatic rings. The molecule has 0 N–H and O–H groups in total. The second kappa shape index (κ2) is 68.6. The number of allylic oxidation sites excluding steroid dienone is 10. The SMILES string of the molecule is CC/C=C\C/C=C\C/C=C\C/C=C\CCC(=O)OCC(COC(=O)CCCCCCCCCCCCCCCCCCCCCCCCCCCCCCCCCCCCC)OC(=O)CCCCCCC/C=C\CCCCCCC. The van der Waals surface area contributed by atoms with Crippen LogP contribution in [-0.4, -0.2) is 37.2 Å². The van der Waals surface area contributed by atoms with E-state index in [2.05, 4.69) is 75.5 Å². The van der Waals surface area contributed by atoms with E-state index in [-0.39, 0.29) is 37.5 Å². The molecule has 0 amide bonds. The van der Waals surface area contributed by atoms with E-state index in [1.807, 2.05) is 6.08 Å². The van der Waals surface area contributed by atoms with E-state index in [9.17, 15) is 14.4 Å². The molecule has 0 radical (unpaired) electrons. The summed E-state index contributed by atoms with van der Waals surface area (Å²) in [6.07, 6.45) is 88.8. The van der Waals surface area contributed by atoms with Crippen LogP contribution in [0, 0.1) is 0 Å². The van der Waals surface area contributed by atoms with Gasteiger partial charge < -0.3 is 14.2 Å². The fraction of sp³-hybridized carbons (Fsp3) is 0.824. The van der Waals surface area contributed by atoms with Crippen molar-refractivity contribution in [2.45, 2.75) is 380 Å². The van der Waals surface area contributed by atoms with Gasteiger partial charge in [-0.1, -0.05) is 345 Å². The lowest BCUT2D eigenvalue weighted by Crippen LogP contribution is -2.30. The van der Waals surface area contributed by atoms with Gasteiger partial charge in [0.05, 0.1) is 0 Å². The minimum Gasteiger partial charge on any atom is -0.462 e. The van der Waals surface area contributed by atoms with Gasteiger partial charge in [-0.05, 0) is 70.6 Å². The Kier molecular flexibility index (Phi) is 66.1. The molecular weight excluding hydrogens is 985 g/mol. The van der Waals surface area contributed by atoms with E-state index in [1.54, 1.807) is 0 Å². The topological polar surface area (TPSA) is 78.9 Å². The number of unbranched alkanes of at least 4 members (excludes halogenated alkanes) is 44. The Morgan fingerprint density at radius 2 is 0.512 bits per heavy atom. The van der Waals surface area contributed by atoms with E-state index in [1.165, 1.54) is 250 Å². The molecule has 1 atom stereocenters. The normalized spacial score (nSPS) is 12.4. The molecule has 0 rings (SSSR count). The van der Waals surface area contributed by atoms with Crippen LogP contribution in [0.25, 0.3) is 0 Å². The summed E-state index contributed by atoms with van der Waals surface area (Å²) in [7, 11) is 0. The Morgan fingerprint density at radius 3 is 0.838 bits per heavy atom. The zero-order valence-corrected chi connectivity index (χ0v) is 53.6. The summed E-state index contributed by atoms with van der Waals surface area (Å²) in [6.45, 7) is 6.49. The van der Waals surface area contributed by atoms with Crippen molar-refractivity contribution in [1.29, 1.82) is 0 Å². The van der Waals surface area contributed by atoms with Crippen molar-refractivity contribution < 1.29 is 28.6 Å². The molecular formula is C74H134O6. The lowest BCUT2D eigenvalue weighted by molar-refractivity contribution is -0.166. The van der Waals surface area contributed by atoms with Crippen LogP contribution in [0.2, 0.25) is 0 Å². The zero-order valence-electron chi connectivity index (χ0n) is 53.6. The first-order chi connectivity index (χ1) is 39.5. The van der Waals surface area contributed by atoms with Gasteiger partial charge in [0.25, 0.3) is 0 Å². The maximum absolute atomic E-state index is 12.9. The molecule has 0 heterocycles. The molecule has 0 aromatic carbocycles. The molecule has 0 aliphatic heterocycles. The van der Waals surface area contributed by atoms with E-state index >= 15 is 0 Å². The minimum atomic E-state index is -0.806. The number of rotatable bonds is 65. The van der Waals surface area contributed by atoms with Gasteiger partial charge in [-0.3, -0.25) is 14.4 Å². The molecule has 80 heavy (non-hydrogen) atoms. The predicted octanol–water partition coefficient (Wildman–Crippen LogP) is 24.3. The van der Waals surface area contributed by atoms with Crippen molar-refractivity contribution in [3.63, 3.8) is 0 Å². The van der Waals surface area contributed by atoms with Crippen LogP contribution in [0.3, 0.4) is 0 Å². The molecule has 0 fully saturated rings. The number of ether oxygens (including phenoxy) is 3. The number of carbonyl (C=O) groups excluding carboxylic acids is 3. The molecule has 0 spiro atoms. The summed E-state index contributed by atoms with van der Waals surface area (Å²) >= 11 is 0. The number of carbonyl (C=O) groups is 3. The summed E-state index contributed by atoms with van der Waals surface area (Å²) in [5.41, 5.74) is 0. The average Bonchev–Trinajstić information content (AvgIpc) is 3.46. The highest BCUT2D eigenvalue weighted by atomic mass is 16.6. The van der Waals surface area contributed by atoms with Gasteiger partial charge in [0.15, 0.2) is 6.10 Å². The number of hydrogen-bond donors (Lipinski definition) is 0. The van der Waals surface area contributed by atoms with Crippen LogP contribution in [0.1, 0.15) is 374 Å². The lowest BCUT2D eigenvalue weighted by Gasteiger charge is -2.18. The van der Waals surface area contributed by atoms with Crippen molar-refractivity contribution in [3.8, 4) is 0 Å². The Bertz CT molecular complexity index is 1430. The first-order valence-corrected chi connectivity index (χ1v) is 35.3. The Morgan fingerprint density at radius 1 is 0.263 bits per heavy atom. The van der Waals surface area contributed by atoms with Gasteiger partial charge in [-0.15, -0.1) is 0 Å². The van der Waals surface area contributed by atoms with Crippen LogP contribution in [0.15, 0.2) is 60.8 Å². The molecule has 0 saturated carbocycles. The van der Waals surface area contributed by atoms with Gasteiger partial charge in [0.2, 0.25) is 0 Å². The Balaban J connectivity index is 4.06. The second-order valence-corrected chi connectivity index (χ2v) is 23.8. The van der Waals surface area contributed by atoms with E-state index in [0.29, 0.717) is 19.3 Å². The maximum Gasteiger partial charge on any atom is 0.306 e. The summed E-state index contributed by atoms with van der Waals surface area (Å²) in [5, 5.41) is 0. The summed E-state index contributed by atoms with van der Waals surface area (Å²) in [5.74, 6) is -0.974. The second-order valence-electron chi connectivity index (χ2n) is 23.8. The smallest absolute Gasteiger partial charge is 0.306 e. The Hall–Kier alpha value is -2.89. The summed E-state index contributed by atoms with van der Waals surface area (Å²) in [4.78, 5) is 38.2. The van der Waals surface area contributed by atoms with Crippen molar-refractivity contribution in [1.82, 2.24) is 0 Å². The van der Waals surface area contributed by atoms with E-state index < -0.39 is 6.10 Å². The molecule has 0 saturated heterocycles. The molecule has 0 aliphatic carbocycles. The molecule has 6 nitrogen and oxygen atoms in total. The van der Waals surface area contributed by atoms with Gasteiger partial charge in [-0.2, -0.15) is 0 Å². The highest BCUT2D eigenvalue weighted by Crippen LogP contribution is 2.19. The lowest BCUT2D eigenvalue weighted by atomic mass is 10.0. The third-order valence-corrected chi connectivity index (χ3v) is 15.8. The van der Waals surface area contributed by atoms with Crippen LogP contribution >= 0.6 is 0 Å². The fourth-order valence-electron chi connectivity index (χ4n) is 10.5. The molecule has 0 bridgehead atoms. The van der Waals surface area contributed by atoms with Crippen molar-refractivity contribution >= 4 is 17.9 Å². The number of esters is 3. The fourth-order valence-corrected chi connectivity index (χ4v) is 10.5. The monoisotopic (exact) mass is 1120 g/mol. The van der Waals surface area contributed by atoms with Crippen molar-refractivity contribution in [2.24, 2.45) is 0 Å². The van der Waals surface area contributed by atoms with Crippen molar-refractivity contribution in [3.05, 3.63) is 60.8 Å². The summed E-state index contributed by atoms with van der Waals surface area (Å²) in [6, 6.07) is 0. The van der Waals surface area contributed by atoms with Crippen LogP contribution in [0.4, 0.5) is 0 Å². The maximum atomic E-state index is 12.9. The first-order valence-electron chi connectivity index (χ1n) is 35.3. The van der Waals surface area contributed by atoms with Crippen LogP contribution in [-0.2, 0) is 28.6 Å². The molecule has 0 aromatic heterocycles. The Labute approximate surface area is 498 Å². The standard InChI is InChI=1S/C74H134O6/c1-4-7-10-13-16-19-22-25-27-28-29-30-31-32-33-34-35-36-37-38-39-40-41-42-43-44-45-46-47-50-52-55-58-61-64-67-73(76)79-70-71(69-78-72(75)66-63-60-57-54-51-48-24-21-18-15-12-9-6-3)80-74(77)68-65-62-59-56-53-49-26-23-20-17-14-11-8-5-2/h9,12,18,21,23,26,48,51,57,60,71H,4-8,10-11,13-17,19-20,22,24-25,27-47,49-50,52-56,58-59,61-70H2,1-3H3/b12-9-,21-18-,26-23-,51-48-,60-57-. The highest BCUT2D eigenvalue weighted by Gasteiger charge is 2.19. The van der Waals surface area contributed by atoms with E-state index in [0.717, 1.165) is 77.0 Å². The van der Waals surface area contributed by atoms with Gasteiger partial charge >= 0.3 is 17.9 Å². The van der Waals surface area contributed by atoms with Crippen LogP contribution in [0.5, 0.6) is 0 Å². The molecule has 6 heteroatoms. The van der Waals surface area contributed by atoms with Crippen molar-refractivity contribution in [2.75, 3.05) is 13.2 Å². The zero-order chi connectivity index (χ0) is 57.8. The van der Waals surface area contributed by atoms with Crippen LogP contribution < -0.4 is 0 Å². The molecule has 1 unspecified atom stereocenters. The molecule has 0 aliphatic rings. The quantitative estimate of drug-likeness (QED) is 0.0261. The van der Waals surface area contributed by atoms with Gasteiger partial charge in [0.1, 0.15) is 13.2 Å². The number of hydrogen-bond acceptors (Lipinski definition) is 6. The molecule has 466 valence electrons. The minimum absolute atomic E-state index is 0.0966. The predicted molar refractivity (Wildman–Crippen MR) is 348 cm³/mol. The highest BCUT2D eigenvalue weighted by molar-refractivity contribution is 5.71. The summed E-state index contributed by atoms with van der Waals surface area (Å²) < 4.78 is 16.8. The third kappa shape index (κ3) is 65.9. The first kappa shape index (κ1) is 77.1. The van der Waals surface area contributed by atoms with Gasteiger partial charge in [-0.25, -0.2) is 0 Å². The van der Waals surface area contributed by atoms with Gasteiger partial charge in [0, 0.05) is 19.3 Å².